The van der Waals surface area contributed by atoms with Gasteiger partial charge in [-0.25, -0.2) is 0 Å². The van der Waals surface area contributed by atoms with Crippen LogP contribution in [0.1, 0.15) is 72.1 Å². The zero-order valence-electron chi connectivity index (χ0n) is 14.4. The first-order chi connectivity index (χ1) is 10.1. The molecule has 1 heterocycles. The number of hydrogen-bond acceptors (Lipinski definition) is 2. The second-order valence-corrected chi connectivity index (χ2v) is 7.09. The van der Waals surface area contributed by atoms with Crippen molar-refractivity contribution in [3.8, 4) is 0 Å². The van der Waals surface area contributed by atoms with E-state index < -0.39 is 0 Å². The van der Waals surface area contributed by atoms with Crippen LogP contribution >= 0.6 is 0 Å². The molecule has 0 radical (unpaired) electrons. The van der Waals surface area contributed by atoms with Crippen LogP contribution in [-0.2, 0) is 4.79 Å². The Morgan fingerprint density at radius 3 is 2.62 bits per heavy atom. The number of rotatable bonds is 8. The molecule has 124 valence electrons. The third-order valence-electron chi connectivity index (χ3n) is 5.11. The minimum Gasteiger partial charge on any atom is -0.343 e. The fourth-order valence-corrected chi connectivity index (χ4v) is 3.60. The van der Waals surface area contributed by atoms with Crippen molar-refractivity contribution in [2.75, 3.05) is 19.6 Å². The normalized spacial score (nSPS) is 21.4. The topological polar surface area (TPSA) is 46.3 Å². The van der Waals surface area contributed by atoms with Crippen LogP contribution in [0.2, 0.25) is 0 Å². The molecule has 0 aromatic rings. The zero-order chi connectivity index (χ0) is 15.7. The van der Waals surface area contributed by atoms with Gasteiger partial charge in [0, 0.05) is 19.5 Å². The SMILES string of the molecule is CCCC1CCCN(C(=O)CCC(CCN)C(C)C)CC1. The third-order valence-corrected chi connectivity index (χ3v) is 5.11. The van der Waals surface area contributed by atoms with Crippen LogP contribution < -0.4 is 5.73 Å². The molecule has 0 saturated carbocycles. The summed E-state index contributed by atoms with van der Waals surface area (Å²) in [7, 11) is 0. The van der Waals surface area contributed by atoms with Crippen LogP contribution in [0, 0.1) is 17.8 Å². The van der Waals surface area contributed by atoms with Crippen LogP contribution in [0.4, 0.5) is 0 Å². The summed E-state index contributed by atoms with van der Waals surface area (Å²) < 4.78 is 0. The van der Waals surface area contributed by atoms with Gasteiger partial charge in [0.2, 0.25) is 5.91 Å². The van der Waals surface area contributed by atoms with Gasteiger partial charge in [0.15, 0.2) is 0 Å². The summed E-state index contributed by atoms with van der Waals surface area (Å²) in [5.41, 5.74) is 5.69. The molecule has 1 aliphatic rings. The summed E-state index contributed by atoms with van der Waals surface area (Å²) in [5, 5.41) is 0. The van der Waals surface area contributed by atoms with Crippen LogP contribution in [0.15, 0.2) is 0 Å². The van der Waals surface area contributed by atoms with E-state index >= 15 is 0 Å². The van der Waals surface area contributed by atoms with Gasteiger partial charge in [0.1, 0.15) is 0 Å². The van der Waals surface area contributed by atoms with Gasteiger partial charge in [-0.15, -0.1) is 0 Å². The zero-order valence-corrected chi connectivity index (χ0v) is 14.4. The van der Waals surface area contributed by atoms with Crippen LogP contribution in [0.3, 0.4) is 0 Å². The lowest BCUT2D eigenvalue weighted by Crippen LogP contribution is -2.32. The molecule has 0 bridgehead atoms. The Morgan fingerprint density at radius 2 is 2.00 bits per heavy atom. The molecular formula is C18H36N2O. The summed E-state index contributed by atoms with van der Waals surface area (Å²) in [4.78, 5) is 14.6. The van der Waals surface area contributed by atoms with Crippen LogP contribution in [-0.4, -0.2) is 30.4 Å². The van der Waals surface area contributed by atoms with Gasteiger partial charge in [-0.05, 0) is 56.4 Å². The van der Waals surface area contributed by atoms with Crippen LogP contribution in [0.5, 0.6) is 0 Å². The smallest absolute Gasteiger partial charge is 0.222 e. The standard InChI is InChI=1S/C18H36N2O/c1-4-6-16-7-5-13-20(14-11-16)18(21)9-8-17(10-12-19)15(2)3/h15-17H,4-14,19H2,1-3H3. The minimum absolute atomic E-state index is 0.370. The Morgan fingerprint density at radius 1 is 1.24 bits per heavy atom. The molecule has 1 rings (SSSR count). The molecule has 2 unspecified atom stereocenters. The molecule has 2 atom stereocenters. The van der Waals surface area contributed by atoms with Gasteiger partial charge in [-0.2, -0.15) is 0 Å². The molecule has 3 heteroatoms. The maximum atomic E-state index is 12.4. The average molecular weight is 296 g/mol. The quantitative estimate of drug-likeness (QED) is 0.740. The van der Waals surface area contributed by atoms with E-state index in [-0.39, 0.29) is 0 Å². The van der Waals surface area contributed by atoms with E-state index in [0.717, 1.165) is 38.4 Å². The number of likely N-dealkylation sites (tertiary alicyclic amines) is 1. The number of nitrogens with two attached hydrogens (primary N) is 1. The largest absolute Gasteiger partial charge is 0.343 e. The molecule has 0 spiro atoms. The van der Waals surface area contributed by atoms with Gasteiger partial charge < -0.3 is 10.6 Å². The third kappa shape index (κ3) is 6.82. The van der Waals surface area contributed by atoms with E-state index in [1.54, 1.807) is 0 Å². The van der Waals surface area contributed by atoms with Gasteiger partial charge in [-0.1, -0.05) is 33.6 Å². The maximum absolute atomic E-state index is 12.4. The van der Waals surface area contributed by atoms with Crippen LogP contribution in [0.25, 0.3) is 0 Å². The highest BCUT2D eigenvalue weighted by atomic mass is 16.2. The van der Waals surface area contributed by atoms with Crippen molar-refractivity contribution in [3.05, 3.63) is 0 Å². The fraction of sp³-hybridized carbons (Fsp3) is 0.944. The Labute approximate surface area is 131 Å². The average Bonchev–Trinajstić information content (AvgIpc) is 2.69. The molecule has 0 aromatic heterocycles. The Kier molecular flexibility index (Phi) is 8.98. The minimum atomic E-state index is 0.370. The Balaban J connectivity index is 2.37. The number of amides is 1. The van der Waals surface area contributed by atoms with Crippen molar-refractivity contribution in [2.45, 2.75) is 72.1 Å². The Bertz CT molecular complexity index is 291. The first-order valence-electron chi connectivity index (χ1n) is 9.06. The van der Waals surface area contributed by atoms with Gasteiger partial charge in [-0.3, -0.25) is 4.79 Å². The molecular weight excluding hydrogens is 260 g/mol. The Hall–Kier alpha value is -0.570. The lowest BCUT2D eigenvalue weighted by molar-refractivity contribution is -0.131. The summed E-state index contributed by atoms with van der Waals surface area (Å²) >= 11 is 0. The van der Waals surface area contributed by atoms with Gasteiger partial charge in [0.25, 0.3) is 0 Å². The molecule has 1 amide bonds. The second kappa shape index (κ2) is 10.2. The molecule has 1 saturated heterocycles. The highest BCUT2D eigenvalue weighted by Gasteiger charge is 2.21. The van der Waals surface area contributed by atoms with E-state index in [2.05, 4.69) is 25.7 Å². The lowest BCUT2D eigenvalue weighted by Gasteiger charge is -2.24. The monoisotopic (exact) mass is 296 g/mol. The predicted octanol–water partition coefficient (Wildman–Crippen LogP) is 3.82. The highest BCUT2D eigenvalue weighted by Crippen LogP contribution is 2.24. The van der Waals surface area contributed by atoms with E-state index in [9.17, 15) is 4.79 Å². The van der Waals surface area contributed by atoms with Crippen molar-refractivity contribution in [1.82, 2.24) is 4.90 Å². The van der Waals surface area contributed by atoms with E-state index in [1.165, 1.54) is 32.1 Å². The second-order valence-electron chi connectivity index (χ2n) is 7.09. The van der Waals surface area contributed by atoms with Gasteiger partial charge in [0.05, 0.1) is 0 Å². The summed E-state index contributed by atoms with van der Waals surface area (Å²) in [5.74, 6) is 2.43. The number of nitrogens with zero attached hydrogens (tertiary/aromatic N) is 1. The molecule has 3 nitrogen and oxygen atoms in total. The number of hydrogen-bond donors (Lipinski definition) is 1. The predicted molar refractivity (Wildman–Crippen MR) is 90.1 cm³/mol. The summed E-state index contributed by atoms with van der Waals surface area (Å²) in [6.07, 6.45) is 9.05. The van der Waals surface area contributed by atoms with Crippen molar-refractivity contribution in [3.63, 3.8) is 0 Å². The summed E-state index contributed by atoms with van der Waals surface area (Å²) in [6.45, 7) is 9.43. The lowest BCUT2D eigenvalue weighted by atomic mass is 9.88. The maximum Gasteiger partial charge on any atom is 0.222 e. The number of carbonyl (C=O) groups is 1. The van der Waals surface area contributed by atoms with Crippen molar-refractivity contribution in [2.24, 2.45) is 23.5 Å². The van der Waals surface area contributed by atoms with E-state index in [0.29, 0.717) is 24.2 Å². The number of carbonyl (C=O) groups excluding carboxylic acids is 1. The van der Waals surface area contributed by atoms with E-state index in [4.69, 9.17) is 5.73 Å². The van der Waals surface area contributed by atoms with Crippen molar-refractivity contribution in [1.29, 1.82) is 0 Å². The first kappa shape index (κ1) is 18.5. The molecule has 1 fully saturated rings. The molecule has 0 aliphatic carbocycles. The highest BCUT2D eigenvalue weighted by molar-refractivity contribution is 5.76. The summed E-state index contributed by atoms with van der Waals surface area (Å²) in [6, 6.07) is 0. The molecule has 21 heavy (non-hydrogen) atoms. The molecule has 1 aliphatic heterocycles. The first-order valence-corrected chi connectivity index (χ1v) is 9.06. The fourth-order valence-electron chi connectivity index (χ4n) is 3.60. The molecule has 2 N–H and O–H groups in total. The van der Waals surface area contributed by atoms with Crippen molar-refractivity contribution < 1.29 is 4.79 Å². The van der Waals surface area contributed by atoms with Gasteiger partial charge >= 0.3 is 0 Å². The van der Waals surface area contributed by atoms with E-state index in [1.807, 2.05) is 0 Å². The van der Waals surface area contributed by atoms with Crippen molar-refractivity contribution >= 4 is 5.91 Å². The molecule has 0 aromatic carbocycles.